The smallest absolute Gasteiger partial charge is 0.142 e. The maximum absolute atomic E-state index is 5.05. The van der Waals surface area contributed by atoms with Gasteiger partial charge in [0, 0.05) is 32.9 Å². The summed E-state index contributed by atoms with van der Waals surface area (Å²) in [6, 6.07) is 4.02. The molecule has 0 saturated carbocycles. The minimum absolute atomic E-state index is 0.694. The molecule has 1 atom stereocenters. The lowest BCUT2D eigenvalue weighted by Crippen LogP contribution is -2.40. The first-order chi connectivity index (χ1) is 9.31. The molecule has 5 heteroatoms. The number of aromatic nitrogens is 1. The first-order valence-electron chi connectivity index (χ1n) is 6.86. The zero-order valence-corrected chi connectivity index (χ0v) is 13.0. The van der Waals surface area contributed by atoms with Crippen molar-refractivity contribution < 1.29 is 4.74 Å². The fourth-order valence-corrected chi connectivity index (χ4v) is 3.02. The highest BCUT2D eigenvalue weighted by atomic mass is 79.9. The normalized spacial score (nSPS) is 19.7. The summed E-state index contributed by atoms with van der Waals surface area (Å²) in [4.78, 5) is 6.87. The average Bonchev–Trinajstić information content (AvgIpc) is 2.44. The van der Waals surface area contributed by atoms with E-state index < -0.39 is 0 Å². The Bertz CT molecular complexity index is 389. The van der Waals surface area contributed by atoms with Gasteiger partial charge < -0.3 is 15.0 Å². The molecule has 1 fully saturated rings. The molecule has 1 aliphatic heterocycles. The summed E-state index contributed by atoms with van der Waals surface area (Å²) in [6.45, 7) is 4.95. The predicted octanol–water partition coefficient (Wildman–Crippen LogP) is 2.30. The standard InChI is InChI=1S/C14H22BrN3O/c1-19-9-7-16-10-12-4-3-8-18(11-12)14-13(15)5-2-6-17-14/h2,5-6,12,16H,3-4,7-11H2,1H3. The van der Waals surface area contributed by atoms with Crippen LogP contribution >= 0.6 is 15.9 Å². The van der Waals surface area contributed by atoms with Crippen molar-refractivity contribution in [3.05, 3.63) is 22.8 Å². The van der Waals surface area contributed by atoms with Gasteiger partial charge in [0.15, 0.2) is 0 Å². The van der Waals surface area contributed by atoms with Crippen molar-refractivity contribution in [1.82, 2.24) is 10.3 Å². The quantitative estimate of drug-likeness (QED) is 0.813. The number of halogens is 1. The molecule has 0 spiro atoms. The van der Waals surface area contributed by atoms with Gasteiger partial charge in [-0.3, -0.25) is 0 Å². The molecule has 1 aliphatic rings. The summed E-state index contributed by atoms with van der Waals surface area (Å²) >= 11 is 3.59. The average molecular weight is 328 g/mol. The van der Waals surface area contributed by atoms with Crippen molar-refractivity contribution in [2.75, 3.05) is 44.8 Å². The summed E-state index contributed by atoms with van der Waals surface area (Å²) in [5.41, 5.74) is 0. The number of nitrogens with zero attached hydrogens (tertiary/aromatic N) is 2. The highest BCUT2D eigenvalue weighted by Crippen LogP contribution is 2.27. The molecule has 0 amide bonds. The molecule has 1 N–H and O–H groups in total. The zero-order valence-electron chi connectivity index (χ0n) is 11.4. The molecule has 19 heavy (non-hydrogen) atoms. The maximum atomic E-state index is 5.05. The second-order valence-electron chi connectivity index (χ2n) is 4.96. The van der Waals surface area contributed by atoms with Crippen LogP contribution in [0.5, 0.6) is 0 Å². The van der Waals surface area contributed by atoms with E-state index in [1.165, 1.54) is 12.8 Å². The highest BCUT2D eigenvalue weighted by Gasteiger charge is 2.21. The van der Waals surface area contributed by atoms with Crippen LogP contribution in [-0.4, -0.2) is 44.9 Å². The zero-order chi connectivity index (χ0) is 13.5. The third-order valence-electron chi connectivity index (χ3n) is 3.47. The number of ether oxygens (including phenoxy) is 1. The van der Waals surface area contributed by atoms with E-state index >= 15 is 0 Å². The number of pyridine rings is 1. The van der Waals surface area contributed by atoms with E-state index in [2.05, 4.69) is 37.2 Å². The van der Waals surface area contributed by atoms with E-state index in [4.69, 9.17) is 4.74 Å². The fraction of sp³-hybridized carbons (Fsp3) is 0.643. The number of piperidine rings is 1. The van der Waals surface area contributed by atoms with E-state index in [0.29, 0.717) is 5.92 Å². The van der Waals surface area contributed by atoms with Gasteiger partial charge in [-0.15, -0.1) is 0 Å². The monoisotopic (exact) mass is 327 g/mol. The second kappa shape index (κ2) is 7.82. The summed E-state index contributed by atoms with van der Waals surface area (Å²) in [7, 11) is 1.74. The Hall–Kier alpha value is -0.650. The van der Waals surface area contributed by atoms with Crippen LogP contribution < -0.4 is 10.2 Å². The van der Waals surface area contributed by atoms with Gasteiger partial charge in [-0.25, -0.2) is 4.98 Å². The fourth-order valence-electron chi connectivity index (χ4n) is 2.51. The summed E-state index contributed by atoms with van der Waals surface area (Å²) in [5.74, 6) is 1.77. The molecule has 1 aromatic heterocycles. The Balaban J connectivity index is 1.85. The Morgan fingerprint density at radius 1 is 1.58 bits per heavy atom. The van der Waals surface area contributed by atoms with Crippen molar-refractivity contribution in [3.63, 3.8) is 0 Å². The first-order valence-corrected chi connectivity index (χ1v) is 7.65. The van der Waals surface area contributed by atoms with Gasteiger partial charge in [-0.1, -0.05) is 0 Å². The van der Waals surface area contributed by atoms with E-state index in [0.717, 1.165) is 43.1 Å². The second-order valence-corrected chi connectivity index (χ2v) is 5.81. The number of hydrogen-bond acceptors (Lipinski definition) is 4. The van der Waals surface area contributed by atoms with Crippen LogP contribution in [0.15, 0.2) is 22.8 Å². The molecule has 1 saturated heterocycles. The molecule has 4 nitrogen and oxygen atoms in total. The summed E-state index contributed by atoms with van der Waals surface area (Å²) < 4.78 is 6.13. The van der Waals surface area contributed by atoms with Gasteiger partial charge in [-0.2, -0.15) is 0 Å². The first kappa shape index (κ1) is 14.8. The van der Waals surface area contributed by atoms with Crippen molar-refractivity contribution in [2.45, 2.75) is 12.8 Å². The van der Waals surface area contributed by atoms with Crippen LogP contribution in [0.25, 0.3) is 0 Å². The molecule has 2 heterocycles. The van der Waals surface area contributed by atoms with Gasteiger partial charge in [0.2, 0.25) is 0 Å². The maximum Gasteiger partial charge on any atom is 0.142 e. The van der Waals surface area contributed by atoms with Crippen LogP contribution in [-0.2, 0) is 4.74 Å². The summed E-state index contributed by atoms with van der Waals surface area (Å²) in [5, 5.41) is 3.46. The number of anilines is 1. The summed E-state index contributed by atoms with van der Waals surface area (Å²) in [6.07, 6.45) is 4.39. The number of methoxy groups -OCH3 is 1. The molecule has 0 radical (unpaired) electrons. The molecular formula is C14H22BrN3O. The molecule has 0 aliphatic carbocycles. The van der Waals surface area contributed by atoms with Crippen LogP contribution in [0, 0.1) is 5.92 Å². The Labute approximate surface area is 123 Å². The molecule has 0 bridgehead atoms. The Morgan fingerprint density at radius 2 is 2.47 bits per heavy atom. The van der Waals surface area contributed by atoms with Gasteiger partial charge in [-0.05, 0) is 53.4 Å². The molecule has 1 unspecified atom stereocenters. The minimum atomic E-state index is 0.694. The van der Waals surface area contributed by atoms with Crippen LogP contribution in [0.2, 0.25) is 0 Å². The molecule has 106 valence electrons. The SMILES string of the molecule is COCCNCC1CCCN(c2ncccc2Br)C1. The van der Waals surface area contributed by atoms with Crippen molar-refractivity contribution in [3.8, 4) is 0 Å². The topological polar surface area (TPSA) is 37.4 Å². The predicted molar refractivity (Wildman–Crippen MR) is 81.6 cm³/mol. The lowest BCUT2D eigenvalue weighted by Gasteiger charge is -2.34. The largest absolute Gasteiger partial charge is 0.383 e. The number of nitrogens with one attached hydrogen (secondary N) is 1. The minimum Gasteiger partial charge on any atom is -0.383 e. The third kappa shape index (κ3) is 4.44. The van der Waals surface area contributed by atoms with Gasteiger partial charge in [0.25, 0.3) is 0 Å². The van der Waals surface area contributed by atoms with E-state index in [1.807, 2.05) is 12.3 Å². The van der Waals surface area contributed by atoms with E-state index in [1.54, 1.807) is 7.11 Å². The molecule has 0 aromatic carbocycles. The van der Waals surface area contributed by atoms with Gasteiger partial charge in [0.05, 0.1) is 11.1 Å². The van der Waals surface area contributed by atoms with Gasteiger partial charge in [0.1, 0.15) is 5.82 Å². The van der Waals surface area contributed by atoms with Crippen LogP contribution in [0.3, 0.4) is 0 Å². The third-order valence-corrected chi connectivity index (χ3v) is 4.09. The Morgan fingerprint density at radius 3 is 3.26 bits per heavy atom. The van der Waals surface area contributed by atoms with Crippen LogP contribution in [0.4, 0.5) is 5.82 Å². The Kier molecular flexibility index (Phi) is 6.07. The van der Waals surface area contributed by atoms with Crippen molar-refractivity contribution in [1.29, 1.82) is 0 Å². The number of rotatable bonds is 6. The van der Waals surface area contributed by atoms with Crippen LogP contribution in [0.1, 0.15) is 12.8 Å². The highest BCUT2D eigenvalue weighted by molar-refractivity contribution is 9.10. The lowest BCUT2D eigenvalue weighted by molar-refractivity contribution is 0.197. The van der Waals surface area contributed by atoms with Crippen molar-refractivity contribution >= 4 is 21.7 Å². The molecule has 1 aromatic rings. The lowest BCUT2D eigenvalue weighted by atomic mass is 9.98. The molecular weight excluding hydrogens is 306 g/mol. The van der Waals surface area contributed by atoms with Crippen molar-refractivity contribution in [2.24, 2.45) is 5.92 Å². The van der Waals surface area contributed by atoms with E-state index in [9.17, 15) is 0 Å². The number of hydrogen-bond donors (Lipinski definition) is 1. The van der Waals surface area contributed by atoms with E-state index in [-0.39, 0.29) is 0 Å². The molecule has 2 rings (SSSR count). The van der Waals surface area contributed by atoms with Gasteiger partial charge >= 0.3 is 0 Å².